The van der Waals surface area contributed by atoms with Crippen LogP contribution in [0.4, 0.5) is 10.1 Å². The van der Waals surface area contributed by atoms with E-state index in [-0.39, 0.29) is 11.9 Å². The lowest BCUT2D eigenvalue weighted by Crippen LogP contribution is -2.09. The van der Waals surface area contributed by atoms with Crippen LogP contribution in [0.15, 0.2) is 36.4 Å². The van der Waals surface area contributed by atoms with Gasteiger partial charge in [0, 0.05) is 5.56 Å². The lowest BCUT2D eigenvalue weighted by atomic mass is 10.0. The second-order valence-corrected chi connectivity index (χ2v) is 5.09. The maximum Gasteiger partial charge on any atom is 0.146 e. The number of halogens is 1. The fourth-order valence-corrected chi connectivity index (χ4v) is 2.24. The van der Waals surface area contributed by atoms with Gasteiger partial charge in [-0.1, -0.05) is 18.2 Å². The summed E-state index contributed by atoms with van der Waals surface area (Å²) in [5, 5.41) is 3.21. The molecule has 106 valence electrons. The maximum atomic E-state index is 13.8. The van der Waals surface area contributed by atoms with Gasteiger partial charge in [-0.3, -0.25) is 0 Å². The number of hydrogen-bond acceptors (Lipinski definition) is 2. The van der Waals surface area contributed by atoms with Gasteiger partial charge in [0.2, 0.25) is 0 Å². The molecule has 2 nitrogen and oxygen atoms in total. The molecule has 0 aliphatic rings. The van der Waals surface area contributed by atoms with Gasteiger partial charge >= 0.3 is 0 Å². The Labute approximate surface area is 119 Å². The Morgan fingerprint density at radius 1 is 1.05 bits per heavy atom. The lowest BCUT2D eigenvalue weighted by molar-refractivity contribution is 0.407. The second kappa shape index (κ2) is 5.95. The molecular weight excluding hydrogens is 253 g/mol. The quantitative estimate of drug-likeness (QED) is 0.877. The molecule has 0 radical (unpaired) electrons. The normalized spacial score (nSPS) is 12.1. The van der Waals surface area contributed by atoms with Crippen LogP contribution in [0.5, 0.6) is 5.75 Å². The highest BCUT2D eigenvalue weighted by molar-refractivity contribution is 5.50. The molecule has 0 amide bonds. The predicted molar refractivity (Wildman–Crippen MR) is 80.9 cm³/mol. The van der Waals surface area contributed by atoms with E-state index in [1.807, 2.05) is 45.0 Å². The first-order valence-electron chi connectivity index (χ1n) is 6.68. The summed E-state index contributed by atoms with van der Waals surface area (Å²) in [6, 6.07) is 11.0. The van der Waals surface area contributed by atoms with Crippen molar-refractivity contribution in [3.05, 3.63) is 58.9 Å². The lowest BCUT2D eigenvalue weighted by Gasteiger charge is -2.19. The third kappa shape index (κ3) is 3.10. The van der Waals surface area contributed by atoms with Gasteiger partial charge in [0.05, 0.1) is 18.8 Å². The molecule has 0 aliphatic carbocycles. The monoisotopic (exact) mass is 273 g/mol. The van der Waals surface area contributed by atoms with Gasteiger partial charge < -0.3 is 10.1 Å². The topological polar surface area (TPSA) is 21.3 Å². The van der Waals surface area contributed by atoms with E-state index < -0.39 is 0 Å². The van der Waals surface area contributed by atoms with Gasteiger partial charge in [0.1, 0.15) is 11.6 Å². The SMILES string of the molecule is COc1cc(C)ccc1C(C)Nc1cc(C)ccc1F. The number of ether oxygens (including phenoxy) is 1. The summed E-state index contributed by atoms with van der Waals surface area (Å²) in [6.45, 7) is 5.96. The minimum absolute atomic E-state index is 0.0400. The first-order valence-corrected chi connectivity index (χ1v) is 6.68. The van der Waals surface area contributed by atoms with E-state index in [0.717, 1.165) is 22.4 Å². The number of hydrogen-bond donors (Lipinski definition) is 1. The first-order chi connectivity index (χ1) is 9.51. The molecule has 0 heterocycles. The van der Waals surface area contributed by atoms with Gasteiger partial charge in [-0.05, 0) is 50.1 Å². The molecule has 0 aliphatic heterocycles. The minimum atomic E-state index is -0.242. The number of aryl methyl sites for hydroxylation is 2. The van der Waals surface area contributed by atoms with Gasteiger partial charge in [-0.25, -0.2) is 4.39 Å². The summed E-state index contributed by atoms with van der Waals surface area (Å²) in [5.41, 5.74) is 3.69. The number of methoxy groups -OCH3 is 1. The van der Waals surface area contributed by atoms with Crippen molar-refractivity contribution in [3.63, 3.8) is 0 Å². The van der Waals surface area contributed by atoms with Crippen molar-refractivity contribution in [2.45, 2.75) is 26.8 Å². The molecule has 2 aromatic rings. The van der Waals surface area contributed by atoms with Crippen LogP contribution in [-0.2, 0) is 0 Å². The molecule has 0 spiro atoms. The van der Waals surface area contributed by atoms with E-state index in [4.69, 9.17) is 4.74 Å². The molecule has 0 fully saturated rings. The molecule has 3 heteroatoms. The summed E-state index contributed by atoms with van der Waals surface area (Å²) < 4.78 is 19.2. The van der Waals surface area contributed by atoms with Gasteiger partial charge in [-0.15, -0.1) is 0 Å². The molecule has 0 aromatic heterocycles. The Bertz CT molecular complexity index is 610. The van der Waals surface area contributed by atoms with Crippen molar-refractivity contribution in [2.75, 3.05) is 12.4 Å². The minimum Gasteiger partial charge on any atom is -0.496 e. The van der Waals surface area contributed by atoms with Crippen LogP contribution in [0.1, 0.15) is 29.7 Å². The van der Waals surface area contributed by atoms with Crippen molar-refractivity contribution >= 4 is 5.69 Å². The highest BCUT2D eigenvalue weighted by Gasteiger charge is 2.13. The van der Waals surface area contributed by atoms with Crippen molar-refractivity contribution in [1.29, 1.82) is 0 Å². The first kappa shape index (κ1) is 14.4. The molecule has 1 unspecified atom stereocenters. The predicted octanol–water partition coefficient (Wildman–Crippen LogP) is 4.62. The maximum absolute atomic E-state index is 13.8. The second-order valence-electron chi connectivity index (χ2n) is 5.09. The van der Waals surface area contributed by atoms with Gasteiger partial charge in [0.25, 0.3) is 0 Å². The zero-order valence-corrected chi connectivity index (χ0v) is 12.3. The highest BCUT2D eigenvalue weighted by Crippen LogP contribution is 2.29. The molecule has 0 bridgehead atoms. The number of rotatable bonds is 4. The van der Waals surface area contributed by atoms with E-state index in [1.54, 1.807) is 13.2 Å². The molecule has 1 N–H and O–H groups in total. The number of nitrogens with one attached hydrogen (secondary N) is 1. The van der Waals surface area contributed by atoms with Crippen LogP contribution in [0, 0.1) is 19.7 Å². The Morgan fingerprint density at radius 3 is 2.40 bits per heavy atom. The van der Waals surface area contributed by atoms with Crippen LogP contribution >= 0.6 is 0 Å². The summed E-state index contributed by atoms with van der Waals surface area (Å²) in [5.74, 6) is 0.576. The number of anilines is 1. The van der Waals surface area contributed by atoms with Crippen LogP contribution in [-0.4, -0.2) is 7.11 Å². The van der Waals surface area contributed by atoms with E-state index in [9.17, 15) is 4.39 Å². The molecule has 1 atom stereocenters. The van der Waals surface area contributed by atoms with E-state index >= 15 is 0 Å². The van der Waals surface area contributed by atoms with Crippen LogP contribution in [0.25, 0.3) is 0 Å². The summed E-state index contributed by atoms with van der Waals surface area (Å²) in [4.78, 5) is 0. The third-order valence-electron chi connectivity index (χ3n) is 3.35. The summed E-state index contributed by atoms with van der Waals surface area (Å²) >= 11 is 0. The van der Waals surface area contributed by atoms with Crippen molar-refractivity contribution in [3.8, 4) is 5.75 Å². The van der Waals surface area contributed by atoms with Crippen LogP contribution < -0.4 is 10.1 Å². The fourth-order valence-electron chi connectivity index (χ4n) is 2.24. The van der Waals surface area contributed by atoms with Crippen molar-refractivity contribution < 1.29 is 9.13 Å². The standard InChI is InChI=1S/C17H20FNO/c1-11-6-8-15(18)16(9-11)19-13(3)14-7-5-12(2)10-17(14)20-4/h5-10,13,19H,1-4H3. The van der Waals surface area contributed by atoms with E-state index in [2.05, 4.69) is 5.32 Å². The Morgan fingerprint density at radius 2 is 1.70 bits per heavy atom. The van der Waals surface area contributed by atoms with Gasteiger partial charge in [0.15, 0.2) is 0 Å². The molecule has 0 saturated heterocycles. The zero-order chi connectivity index (χ0) is 14.7. The summed E-state index contributed by atoms with van der Waals surface area (Å²) in [6.07, 6.45) is 0. The number of benzene rings is 2. The van der Waals surface area contributed by atoms with Crippen molar-refractivity contribution in [1.82, 2.24) is 0 Å². The average molecular weight is 273 g/mol. The average Bonchev–Trinajstić information content (AvgIpc) is 2.42. The zero-order valence-electron chi connectivity index (χ0n) is 12.3. The largest absolute Gasteiger partial charge is 0.496 e. The molecule has 2 aromatic carbocycles. The molecular formula is C17H20FNO. The smallest absolute Gasteiger partial charge is 0.146 e. The molecule has 0 saturated carbocycles. The van der Waals surface area contributed by atoms with Gasteiger partial charge in [-0.2, -0.15) is 0 Å². The highest BCUT2D eigenvalue weighted by atomic mass is 19.1. The molecule has 2 rings (SSSR count). The van der Waals surface area contributed by atoms with Crippen LogP contribution in [0.3, 0.4) is 0 Å². The summed E-state index contributed by atoms with van der Waals surface area (Å²) in [7, 11) is 1.65. The Kier molecular flexibility index (Phi) is 4.28. The Hall–Kier alpha value is -2.03. The van der Waals surface area contributed by atoms with Crippen LogP contribution in [0.2, 0.25) is 0 Å². The third-order valence-corrected chi connectivity index (χ3v) is 3.35. The van der Waals surface area contributed by atoms with Crippen molar-refractivity contribution in [2.24, 2.45) is 0 Å². The van der Waals surface area contributed by atoms with E-state index in [1.165, 1.54) is 6.07 Å². The van der Waals surface area contributed by atoms with E-state index in [0.29, 0.717) is 5.69 Å². The fraction of sp³-hybridized carbons (Fsp3) is 0.294. The molecule has 20 heavy (non-hydrogen) atoms. The Balaban J connectivity index is 2.28.